The first kappa shape index (κ1) is 13.2. The highest BCUT2D eigenvalue weighted by molar-refractivity contribution is 7.98. The lowest BCUT2D eigenvalue weighted by Gasteiger charge is -2.02. The minimum absolute atomic E-state index is 1.07. The number of pyridine rings is 1. The van der Waals surface area contributed by atoms with Gasteiger partial charge in [0.1, 0.15) is 0 Å². The summed E-state index contributed by atoms with van der Waals surface area (Å²) < 4.78 is 0. The SMILES string of the molecule is C/C=C/c1ncc(C)cc1SC.CC. The fourth-order valence-electron chi connectivity index (χ4n) is 1.000. The van der Waals surface area contributed by atoms with E-state index in [9.17, 15) is 0 Å². The maximum atomic E-state index is 4.33. The van der Waals surface area contributed by atoms with Crippen LogP contribution in [0.1, 0.15) is 32.0 Å². The van der Waals surface area contributed by atoms with Crippen LogP contribution in [0.4, 0.5) is 0 Å². The lowest BCUT2D eigenvalue weighted by molar-refractivity contribution is 1.16. The molecule has 2 heteroatoms. The molecule has 0 fully saturated rings. The van der Waals surface area contributed by atoms with Gasteiger partial charge in [0.15, 0.2) is 0 Å². The average Bonchev–Trinajstić information content (AvgIpc) is 2.24. The van der Waals surface area contributed by atoms with Crippen LogP contribution in [0.2, 0.25) is 0 Å². The van der Waals surface area contributed by atoms with E-state index in [-0.39, 0.29) is 0 Å². The Balaban J connectivity index is 0.000000791. The van der Waals surface area contributed by atoms with Crippen LogP contribution in [0, 0.1) is 6.92 Å². The summed E-state index contributed by atoms with van der Waals surface area (Å²) in [6.07, 6.45) is 8.02. The van der Waals surface area contributed by atoms with Crippen molar-refractivity contribution in [2.45, 2.75) is 32.6 Å². The molecule has 0 saturated heterocycles. The minimum atomic E-state index is 1.07. The zero-order valence-electron chi connectivity index (χ0n) is 9.66. The van der Waals surface area contributed by atoms with Crippen LogP contribution in [-0.2, 0) is 0 Å². The van der Waals surface area contributed by atoms with E-state index in [1.807, 2.05) is 39.1 Å². The topological polar surface area (TPSA) is 12.9 Å². The number of hydrogen-bond acceptors (Lipinski definition) is 2. The molecule has 1 aromatic heterocycles. The van der Waals surface area contributed by atoms with Crippen LogP contribution in [0.5, 0.6) is 0 Å². The fourth-order valence-corrected chi connectivity index (χ4v) is 1.63. The second kappa shape index (κ2) is 7.63. The van der Waals surface area contributed by atoms with E-state index in [2.05, 4.69) is 24.2 Å². The second-order valence-electron chi connectivity index (χ2n) is 2.60. The van der Waals surface area contributed by atoms with Crippen molar-refractivity contribution in [3.05, 3.63) is 29.6 Å². The van der Waals surface area contributed by atoms with E-state index >= 15 is 0 Å². The van der Waals surface area contributed by atoms with Gasteiger partial charge in [-0.05, 0) is 37.8 Å². The highest BCUT2D eigenvalue weighted by Gasteiger charge is 1.98. The molecule has 0 bridgehead atoms. The van der Waals surface area contributed by atoms with Gasteiger partial charge in [-0.1, -0.05) is 19.9 Å². The van der Waals surface area contributed by atoms with Gasteiger partial charge >= 0.3 is 0 Å². The van der Waals surface area contributed by atoms with Crippen LogP contribution < -0.4 is 0 Å². The van der Waals surface area contributed by atoms with Crippen molar-refractivity contribution < 1.29 is 0 Å². The molecule has 1 heterocycles. The summed E-state index contributed by atoms with van der Waals surface area (Å²) in [5.41, 5.74) is 2.28. The largest absolute Gasteiger partial charge is 0.255 e. The zero-order valence-corrected chi connectivity index (χ0v) is 10.5. The van der Waals surface area contributed by atoms with Gasteiger partial charge in [0.2, 0.25) is 0 Å². The van der Waals surface area contributed by atoms with Crippen molar-refractivity contribution in [1.82, 2.24) is 4.98 Å². The zero-order chi connectivity index (χ0) is 11.0. The van der Waals surface area contributed by atoms with Crippen molar-refractivity contribution in [3.63, 3.8) is 0 Å². The summed E-state index contributed by atoms with van der Waals surface area (Å²) >= 11 is 1.74. The standard InChI is InChI=1S/C10H13NS.C2H6/c1-4-5-9-10(12-3)6-8(2)7-11-9;1-2/h4-7H,1-3H3;1-2H3/b5-4+;. The molecule has 0 unspecified atom stereocenters. The maximum Gasteiger partial charge on any atom is 0.0762 e. The molecule has 14 heavy (non-hydrogen) atoms. The van der Waals surface area contributed by atoms with E-state index in [1.165, 1.54) is 10.5 Å². The first-order chi connectivity index (χ1) is 6.77. The van der Waals surface area contributed by atoms with Gasteiger partial charge in [-0.2, -0.15) is 0 Å². The summed E-state index contributed by atoms with van der Waals surface area (Å²) in [5.74, 6) is 0. The number of rotatable bonds is 2. The minimum Gasteiger partial charge on any atom is -0.255 e. The quantitative estimate of drug-likeness (QED) is 0.678. The van der Waals surface area contributed by atoms with Gasteiger partial charge in [-0.25, -0.2) is 0 Å². The van der Waals surface area contributed by atoms with Gasteiger partial charge in [0.05, 0.1) is 5.69 Å². The smallest absolute Gasteiger partial charge is 0.0762 e. The lowest BCUT2D eigenvalue weighted by atomic mass is 10.2. The second-order valence-corrected chi connectivity index (χ2v) is 3.45. The molecule has 0 aliphatic carbocycles. The third-order valence-corrected chi connectivity index (χ3v) is 2.33. The molecule has 0 spiro atoms. The number of aryl methyl sites for hydroxylation is 1. The summed E-state index contributed by atoms with van der Waals surface area (Å²) in [5, 5.41) is 0. The van der Waals surface area contributed by atoms with E-state index in [0.29, 0.717) is 0 Å². The number of aromatic nitrogens is 1. The first-order valence-electron chi connectivity index (χ1n) is 4.91. The van der Waals surface area contributed by atoms with Crippen molar-refractivity contribution >= 4 is 17.8 Å². The van der Waals surface area contributed by atoms with E-state index in [1.54, 1.807) is 11.8 Å². The van der Waals surface area contributed by atoms with Gasteiger partial charge in [-0.3, -0.25) is 4.98 Å². The fraction of sp³-hybridized carbons (Fsp3) is 0.417. The Labute approximate surface area is 91.6 Å². The van der Waals surface area contributed by atoms with E-state index in [4.69, 9.17) is 0 Å². The van der Waals surface area contributed by atoms with Crippen LogP contribution in [0.25, 0.3) is 6.08 Å². The molecule has 0 amide bonds. The summed E-state index contributed by atoms with van der Waals surface area (Å²) in [7, 11) is 0. The predicted octanol–water partition coefficient (Wildman–Crippen LogP) is 4.17. The van der Waals surface area contributed by atoms with Crippen LogP contribution in [0.15, 0.2) is 23.2 Å². The molecular formula is C12H19NS. The van der Waals surface area contributed by atoms with Gasteiger partial charge in [0.25, 0.3) is 0 Å². The number of nitrogens with zero attached hydrogens (tertiary/aromatic N) is 1. The highest BCUT2D eigenvalue weighted by Crippen LogP contribution is 2.20. The van der Waals surface area contributed by atoms with Crippen molar-refractivity contribution in [3.8, 4) is 0 Å². The Hall–Kier alpha value is -0.760. The number of thioether (sulfide) groups is 1. The molecule has 1 rings (SSSR count). The third-order valence-electron chi connectivity index (χ3n) is 1.56. The molecule has 1 aromatic rings. The highest BCUT2D eigenvalue weighted by atomic mass is 32.2. The van der Waals surface area contributed by atoms with Gasteiger partial charge in [-0.15, -0.1) is 11.8 Å². The normalized spacial score (nSPS) is 9.79. The van der Waals surface area contributed by atoms with Crippen molar-refractivity contribution in [2.24, 2.45) is 0 Å². The Morgan fingerprint density at radius 1 is 1.36 bits per heavy atom. The molecule has 0 saturated carbocycles. The maximum absolute atomic E-state index is 4.33. The van der Waals surface area contributed by atoms with Gasteiger partial charge in [0, 0.05) is 11.1 Å². The Bertz CT molecular complexity index is 292. The predicted molar refractivity (Wildman–Crippen MR) is 66.8 cm³/mol. The Kier molecular flexibility index (Phi) is 7.21. The number of allylic oxidation sites excluding steroid dienone is 1. The molecule has 0 aliphatic heterocycles. The van der Waals surface area contributed by atoms with Crippen molar-refractivity contribution in [1.29, 1.82) is 0 Å². The molecule has 0 atom stereocenters. The summed E-state index contributed by atoms with van der Waals surface area (Å²) in [4.78, 5) is 5.57. The van der Waals surface area contributed by atoms with Crippen LogP contribution >= 0.6 is 11.8 Å². The van der Waals surface area contributed by atoms with Crippen LogP contribution in [0.3, 0.4) is 0 Å². The van der Waals surface area contributed by atoms with E-state index < -0.39 is 0 Å². The number of hydrogen-bond donors (Lipinski definition) is 0. The summed E-state index contributed by atoms with van der Waals surface area (Å²) in [6, 6.07) is 2.16. The Morgan fingerprint density at radius 2 is 2.00 bits per heavy atom. The van der Waals surface area contributed by atoms with E-state index in [0.717, 1.165) is 5.69 Å². The molecule has 0 aliphatic rings. The van der Waals surface area contributed by atoms with Crippen molar-refractivity contribution in [2.75, 3.05) is 6.26 Å². The molecule has 1 nitrogen and oxygen atoms in total. The van der Waals surface area contributed by atoms with Crippen LogP contribution in [-0.4, -0.2) is 11.2 Å². The summed E-state index contributed by atoms with van der Waals surface area (Å²) in [6.45, 7) is 8.07. The molecular weight excluding hydrogens is 190 g/mol. The molecule has 0 aromatic carbocycles. The molecule has 0 radical (unpaired) electrons. The first-order valence-corrected chi connectivity index (χ1v) is 6.13. The lowest BCUT2D eigenvalue weighted by Crippen LogP contribution is -1.86. The third kappa shape index (κ3) is 3.97. The molecule has 78 valence electrons. The monoisotopic (exact) mass is 209 g/mol. The Morgan fingerprint density at radius 3 is 2.50 bits per heavy atom. The molecule has 0 N–H and O–H groups in total. The average molecular weight is 209 g/mol. The van der Waals surface area contributed by atoms with Gasteiger partial charge < -0.3 is 0 Å².